The summed E-state index contributed by atoms with van der Waals surface area (Å²) in [4.78, 5) is 16.5. The van der Waals surface area contributed by atoms with Gasteiger partial charge in [0.1, 0.15) is 5.75 Å². The van der Waals surface area contributed by atoms with Gasteiger partial charge in [-0.3, -0.25) is 4.57 Å². The molecule has 0 unspecified atom stereocenters. The normalized spacial score (nSPS) is 13.8. The Morgan fingerprint density at radius 1 is 1.12 bits per heavy atom. The van der Waals surface area contributed by atoms with Crippen molar-refractivity contribution in [1.82, 2.24) is 9.55 Å². The van der Waals surface area contributed by atoms with Gasteiger partial charge in [0.25, 0.3) is 0 Å². The topological polar surface area (TPSA) is 67.2 Å². The number of carboxylic acids is 1. The number of carbonyl (C=O) groups is 1. The summed E-state index contributed by atoms with van der Waals surface area (Å²) in [5.74, 6) is 0.220. The van der Waals surface area contributed by atoms with Crippen LogP contribution in [0.25, 0.3) is 27.5 Å². The molecule has 0 spiro atoms. The zero-order valence-corrected chi connectivity index (χ0v) is 21.5. The number of ether oxygens (including phenoxy) is 1. The molecule has 0 radical (unpaired) electrons. The molecule has 1 aliphatic carbocycles. The summed E-state index contributed by atoms with van der Waals surface area (Å²) in [7, 11) is 1.62. The molecule has 1 fully saturated rings. The van der Waals surface area contributed by atoms with Crippen LogP contribution in [0, 0.1) is 0 Å². The molecule has 5 rings (SSSR count). The van der Waals surface area contributed by atoms with Gasteiger partial charge >= 0.3 is 29.6 Å². The molecule has 0 N–H and O–H groups in total. The van der Waals surface area contributed by atoms with Crippen LogP contribution in [0.4, 0.5) is 0 Å². The number of thioether (sulfide) groups is 1. The Labute approximate surface area is 213 Å². The molecule has 32 heavy (non-hydrogen) atoms. The van der Waals surface area contributed by atoms with Crippen LogP contribution >= 0.6 is 11.8 Å². The van der Waals surface area contributed by atoms with Gasteiger partial charge in [-0.15, -0.1) is 0 Å². The van der Waals surface area contributed by atoms with Gasteiger partial charge in [-0.2, -0.15) is 0 Å². The van der Waals surface area contributed by atoms with E-state index in [1.807, 2.05) is 24.3 Å². The Morgan fingerprint density at radius 2 is 1.84 bits per heavy atom. The second kappa shape index (κ2) is 8.75. The minimum atomic E-state index is -1.13. The number of imidazole rings is 1. The van der Waals surface area contributed by atoms with E-state index < -0.39 is 10.7 Å². The molecule has 1 saturated carbocycles. The van der Waals surface area contributed by atoms with E-state index >= 15 is 0 Å². The molecular formula is C25H23N2NaO3S. The number of aromatic nitrogens is 2. The number of carbonyl (C=O) groups excluding carboxylic acids is 1. The SMILES string of the molecule is COc1ccc2c(c1)nc(SC(C)(C)C(=O)[O-])n2-c1ccc(C2CC2)c2ccccc12.[Na+]. The van der Waals surface area contributed by atoms with E-state index in [4.69, 9.17) is 9.72 Å². The molecule has 1 heterocycles. The van der Waals surface area contributed by atoms with Gasteiger partial charge in [0.2, 0.25) is 0 Å². The van der Waals surface area contributed by atoms with Crippen molar-refractivity contribution in [2.75, 3.05) is 7.11 Å². The minimum Gasteiger partial charge on any atom is -0.549 e. The van der Waals surface area contributed by atoms with Crippen molar-refractivity contribution >= 4 is 39.5 Å². The second-order valence-corrected chi connectivity index (χ2v) is 10.1. The van der Waals surface area contributed by atoms with Crippen molar-refractivity contribution in [3.8, 4) is 11.4 Å². The quantitative estimate of drug-likeness (QED) is 0.328. The Hall–Kier alpha value is -1.99. The van der Waals surface area contributed by atoms with Gasteiger partial charge < -0.3 is 14.6 Å². The summed E-state index contributed by atoms with van der Waals surface area (Å²) in [5.41, 5.74) is 4.03. The smallest absolute Gasteiger partial charge is 0.549 e. The summed E-state index contributed by atoms with van der Waals surface area (Å²) in [5, 5.41) is 14.7. The molecule has 3 aromatic carbocycles. The van der Waals surface area contributed by atoms with E-state index in [1.165, 1.54) is 35.6 Å². The van der Waals surface area contributed by atoms with Gasteiger partial charge in [-0.1, -0.05) is 42.1 Å². The van der Waals surface area contributed by atoms with Gasteiger partial charge in [0, 0.05) is 11.5 Å². The first kappa shape index (κ1) is 23.2. The first-order chi connectivity index (χ1) is 14.9. The van der Waals surface area contributed by atoms with Crippen LogP contribution in [0.3, 0.4) is 0 Å². The van der Waals surface area contributed by atoms with Gasteiger partial charge in [-0.25, -0.2) is 4.98 Å². The molecule has 0 aliphatic heterocycles. The third kappa shape index (κ3) is 4.05. The number of hydrogen-bond acceptors (Lipinski definition) is 5. The van der Waals surface area contributed by atoms with Crippen molar-refractivity contribution in [2.24, 2.45) is 0 Å². The molecule has 0 saturated heterocycles. The second-order valence-electron chi connectivity index (χ2n) is 8.48. The molecule has 158 valence electrons. The average molecular weight is 455 g/mol. The van der Waals surface area contributed by atoms with Crippen molar-refractivity contribution in [1.29, 1.82) is 0 Å². The predicted molar refractivity (Wildman–Crippen MR) is 122 cm³/mol. The predicted octanol–water partition coefficient (Wildman–Crippen LogP) is 1.69. The maximum atomic E-state index is 11.7. The van der Waals surface area contributed by atoms with E-state index in [1.54, 1.807) is 21.0 Å². The molecule has 4 aromatic rings. The molecule has 1 aliphatic rings. The first-order valence-corrected chi connectivity index (χ1v) is 11.2. The van der Waals surface area contributed by atoms with Crippen molar-refractivity contribution in [3.05, 3.63) is 60.2 Å². The van der Waals surface area contributed by atoms with E-state index in [-0.39, 0.29) is 29.6 Å². The summed E-state index contributed by atoms with van der Waals surface area (Å²) in [6, 6.07) is 18.5. The van der Waals surface area contributed by atoms with E-state index in [0.29, 0.717) is 16.8 Å². The Morgan fingerprint density at radius 3 is 2.50 bits per heavy atom. The molecule has 0 atom stereocenters. The summed E-state index contributed by atoms with van der Waals surface area (Å²) in [6.07, 6.45) is 2.47. The van der Waals surface area contributed by atoms with Gasteiger partial charge in [-0.05, 0) is 61.8 Å². The first-order valence-electron chi connectivity index (χ1n) is 10.4. The number of benzene rings is 3. The fourth-order valence-corrected chi connectivity index (χ4v) is 4.96. The van der Waals surface area contributed by atoms with E-state index in [2.05, 4.69) is 34.9 Å². The number of aliphatic carboxylic acids is 1. The number of rotatable bonds is 6. The van der Waals surface area contributed by atoms with Crippen LogP contribution in [-0.4, -0.2) is 27.4 Å². The summed E-state index contributed by atoms with van der Waals surface area (Å²) >= 11 is 1.20. The Balaban J connectivity index is 0.00000245. The van der Waals surface area contributed by atoms with E-state index in [0.717, 1.165) is 22.1 Å². The number of nitrogens with zero attached hydrogens (tertiary/aromatic N) is 2. The standard InChI is InChI=1S/C25H24N2O3S.Na/c1-25(2,23(28)29)31-24-26-20-14-16(30-3)10-12-22(20)27(24)21-13-11-17(15-8-9-15)18-6-4-5-7-19(18)21;/h4-7,10-15H,8-9H2,1-3H3,(H,28,29);/q;+1/p-1. The largest absolute Gasteiger partial charge is 1.00 e. The molecule has 0 bridgehead atoms. The number of hydrogen-bond donors (Lipinski definition) is 0. The fraction of sp³-hybridized carbons (Fsp3) is 0.280. The monoisotopic (exact) mass is 454 g/mol. The Bertz CT molecular complexity index is 1330. The summed E-state index contributed by atoms with van der Waals surface area (Å²) < 4.78 is 6.30. The zero-order valence-electron chi connectivity index (χ0n) is 18.7. The van der Waals surface area contributed by atoms with Crippen LogP contribution in [0.2, 0.25) is 0 Å². The molecule has 1 aromatic heterocycles. The Kier molecular flexibility index (Phi) is 6.34. The average Bonchev–Trinajstić information content (AvgIpc) is 3.54. The third-order valence-corrected chi connectivity index (χ3v) is 7.00. The number of methoxy groups -OCH3 is 1. The van der Waals surface area contributed by atoms with Crippen LogP contribution in [-0.2, 0) is 4.79 Å². The molecule has 7 heteroatoms. The maximum Gasteiger partial charge on any atom is 1.00 e. The van der Waals surface area contributed by atoms with Crippen molar-refractivity contribution in [2.45, 2.75) is 42.5 Å². The van der Waals surface area contributed by atoms with Gasteiger partial charge in [0.05, 0.1) is 34.5 Å². The van der Waals surface area contributed by atoms with Gasteiger partial charge in [0.15, 0.2) is 5.16 Å². The molecule has 0 amide bonds. The van der Waals surface area contributed by atoms with Crippen LogP contribution in [0.5, 0.6) is 5.75 Å². The summed E-state index contributed by atoms with van der Waals surface area (Å²) in [6.45, 7) is 3.29. The zero-order chi connectivity index (χ0) is 21.8. The molecular weight excluding hydrogens is 431 g/mol. The molecule has 5 nitrogen and oxygen atoms in total. The van der Waals surface area contributed by atoms with Crippen molar-refractivity contribution < 1.29 is 44.2 Å². The number of fused-ring (bicyclic) bond motifs is 2. The van der Waals surface area contributed by atoms with Crippen LogP contribution < -0.4 is 39.4 Å². The number of carboxylic acid groups (broad SMARTS) is 1. The maximum absolute atomic E-state index is 11.7. The van der Waals surface area contributed by atoms with Crippen LogP contribution in [0.1, 0.15) is 38.2 Å². The van der Waals surface area contributed by atoms with E-state index in [9.17, 15) is 9.90 Å². The van der Waals surface area contributed by atoms with Crippen molar-refractivity contribution in [3.63, 3.8) is 0 Å². The fourth-order valence-electron chi connectivity index (χ4n) is 3.99. The minimum absolute atomic E-state index is 0. The van der Waals surface area contributed by atoms with Crippen LogP contribution in [0.15, 0.2) is 59.8 Å². The third-order valence-electron chi connectivity index (χ3n) is 5.86.